The standard InChI is InChI=1S/C17H19ClN2O2/c1-22-9-8-19-17(21)11-6-7-13-15(10-11)20-14-5-3-2-4-12(14)16(13)18/h6-7,10H,2-5,8-9H2,1H3,(H,19,21). The van der Waals surface area contributed by atoms with Crippen molar-refractivity contribution in [2.75, 3.05) is 20.3 Å². The highest BCUT2D eigenvalue weighted by molar-refractivity contribution is 6.36. The van der Waals surface area contributed by atoms with Gasteiger partial charge in [0.25, 0.3) is 5.91 Å². The largest absolute Gasteiger partial charge is 0.383 e. The molecule has 4 nitrogen and oxygen atoms in total. The van der Waals surface area contributed by atoms with E-state index in [1.807, 2.05) is 12.1 Å². The quantitative estimate of drug-likeness (QED) is 0.881. The summed E-state index contributed by atoms with van der Waals surface area (Å²) in [5.41, 5.74) is 3.66. The summed E-state index contributed by atoms with van der Waals surface area (Å²) in [7, 11) is 1.61. The van der Waals surface area contributed by atoms with Crippen LogP contribution in [0.1, 0.15) is 34.5 Å². The minimum atomic E-state index is -0.116. The molecule has 22 heavy (non-hydrogen) atoms. The Morgan fingerprint density at radius 2 is 2.18 bits per heavy atom. The van der Waals surface area contributed by atoms with Crippen LogP contribution >= 0.6 is 11.6 Å². The topological polar surface area (TPSA) is 51.2 Å². The summed E-state index contributed by atoms with van der Waals surface area (Å²) in [6.45, 7) is 0.989. The maximum atomic E-state index is 12.1. The van der Waals surface area contributed by atoms with Crippen molar-refractivity contribution < 1.29 is 9.53 Å². The first-order valence-electron chi connectivity index (χ1n) is 7.59. The number of methoxy groups -OCH3 is 1. The molecule has 0 spiro atoms. The SMILES string of the molecule is COCCNC(=O)c1ccc2c(Cl)c3c(nc2c1)CCCC3. The number of aromatic nitrogens is 1. The Bertz CT molecular complexity index is 715. The Labute approximate surface area is 134 Å². The Balaban J connectivity index is 1.94. The Morgan fingerprint density at radius 3 is 3.00 bits per heavy atom. The lowest BCUT2D eigenvalue weighted by Gasteiger charge is -2.18. The summed E-state index contributed by atoms with van der Waals surface area (Å²) in [6.07, 6.45) is 4.28. The van der Waals surface area contributed by atoms with E-state index in [1.54, 1.807) is 13.2 Å². The fourth-order valence-corrected chi connectivity index (χ4v) is 3.24. The molecule has 1 aromatic heterocycles. The summed E-state index contributed by atoms with van der Waals surface area (Å²) >= 11 is 6.54. The van der Waals surface area contributed by atoms with E-state index in [-0.39, 0.29) is 5.91 Å². The number of halogens is 1. The minimum absolute atomic E-state index is 0.116. The number of nitrogens with one attached hydrogen (secondary N) is 1. The maximum Gasteiger partial charge on any atom is 0.251 e. The number of carbonyl (C=O) groups is 1. The zero-order valence-corrected chi connectivity index (χ0v) is 13.4. The molecular formula is C17H19ClN2O2. The lowest BCUT2D eigenvalue weighted by atomic mass is 9.94. The number of aryl methyl sites for hydroxylation is 1. The Kier molecular flexibility index (Phi) is 4.60. The van der Waals surface area contributed by atoms with Crippen LogP contribution in [0.15, 0.2) is 18.2 Å². The molecule has 1 amide bonds. The molecule has 1 heterocycles. The normalized spacial score (nSPS) is 13.9. The van der Waals surface area contributed by atoms with Crippen LogP contribution in [-0.4, -0.2) is 31.2 Å². The van der Waals surface area contributed by atoms with Crippen LogP contribution in [0.4, 0.5) is 0 Å². The van der Waals surface area contributed by atoms with Gasteiger partial charge in [0.05, 0.1) is 17.1 Å². The van der Waals surface area contributed by atoms with E-state index in [2.05, 4.69) is 5.32 Å². The van der Waals surface area contributed by atoms with Gasteiger partial charge < -0.3 is 10.1 Å². The average Bonchev–Trinajstić information content (AvgIpc) is 2.55. The zero-order chi connectivity index (χ0) is 15.5. The van der Waals surface area contributed by atoms with Gasteiger partial charge in [0.1, 0.15) is 0 Å². The van der Waals surface area contributed by atoms with Crippen molar-refractivity contribution >= 4 is 28.4 Å². The van der Waals surface area contributed by atoms with E-state index < -0.39 is 0 Å². The number of hydrogen-bond donors (Lipinski definition) is 1. The van der Waals surface area contributed by atoms with Crippen molar-refractivity contribution in [3.8, 4) is 0 Å². The molecule has 0 unspecified atom stereocenters. The molecule has 3 rings (SSSR count). The van der Waals surface area contributed by atoms with E-state index in [9.17, 15) is 4.79 Å². The lowest BCUT2D eigenvalue weighted by molar-refractivity contribution is 0.0937. The van der Waals surface area contributed by atoms with Gasteiger partial charge in [-0.3, -0.25) is 9.78 Å². The van der Waals surface area contributed by atoms with Crippen LogP contribution in [0.5, 0.6) is 0 Å². The zero-order valence-electron chi connectivity index (χ0n) is 12.6. The van der Waals surface area contributed by atoms with Gasteiger partial charge in [0.15, 0.2) is 0 Å². The third-order valence-electron chi connectivity index (χ3n) is 4.05. The van der Waals surface area contributed by atoms with Crippen LogP contribution in [0.25, 0.3) is 10.9 Å². The number of fused-ring (bicyclic) bond motifs is 2. The number of benzene rings is 1. The molecule has 2 aromatic rings. The second-order valence-corrected chi connectivity index (χ2v) is 5.92. The number of ether oxygens (including phenoxy) is 1. The Hall–Kier alpha value is -1.65. The molecule has 1 aliphatic carbocycles. The third kappa shape index (κ3) is 2.94. The van der Waals surface area contributed by atoms with E-state index in [4.69, 9.17) is 21.3 Å². The number of pyridine rings is 1. The van der Waals surface area contributed by atoms with Crippen LogP contribution in [-0.2, 0) is 17.6 Å². The fraction of sp³-hybridized carbons (Fsp3) is 0.412. The number of amides is 1. The van der Waals surface area contributed by atoms with Gasteiger partial charge in [0, 0.05) is 30.3 Å². The van der Waals surface area contributed by atoms with E-state index in [0.29, 0.717) is 18.7 Å². The van der Waals surface area contributed by atoms with Crippen molar-refractivity contribution in [1.82, 2.24) is 10.3 Å². The van der Waals surface area contributed by atoms with Crippen molar-refractivity contribution in [3.05, 3.63) is 40.0 Å². The monoisotopic (exact) mass is 318 g/mol. The van der Waals surface area contributed by atoms with Gasteiger partial charge in [-0.2, -0.15) is 0 Å². The minimum Gasteiger partial charge on any atom is -0.383 e. The Morgan fingerprint density at radius 1 is 1.36 bits per heavy atom. The number of rotatable bonds is 4. The van der Waals surface area contributed by atoms with Gasteiger partial charge in [-0.1, -0.05) is 17.7 Å². The van der Waals surface area contributed by atoms with Gasteiger partial charge in [-0.05, 0) is 43.4 Å². The predicted octanol–water partition coefficient (Wildman–Crippen LogP) is 3.14. The van der Waals surface area contributed by atoms with Crippen LogP contribution in [0.3, 0.4) is 0 Å². The molecule has 5 heteroatoms. The highest BCUT2D eigenvalue weighted by Gasteiger charge is 2.17. The molecular weight excluding hydrogens is 300 g/mol. The highest BCUT2D eigenvalue weighted by Crippen LogP contribution is 2.33. The molecule has 116 valence electrons. The van der Waals surface area contributed by atoms with E-state index >= 15 is 0 Å². The van der Waals surface area contributed by atoms with Crippen molar-refractivity contribution in [2.24, 2.45) is 0 Å². The molecule has 1 aliphatic rings. The summed E-state index contributed by atoms with van der Waals surface area (Å²) in [6, 6.07) is 5.51. The number of nitrogens with zero attached hydrogens (tertiary/aromatic N) is 1. The second kappa shape index (κ2) is 6.63. The molecule has 1 N–H and O–H groups in total. The first-order valence-corrected chi connectivity index (χ1v) is 7.96. The molecule has 0 atom stereocenters. The van der Waals surface area contributed by atoms with Gasteiger partial charge in [-0.25, -0.2) is 0 Å². The molecule has 0 fully saturated rings. The smallest absolute Gasteiger partial charge is 0.251 e. The van der Waals surface area contributed by atoms with Gasteiger partial charge >= 0.3 is 0 Å². The second-order valence-electron chi connectivity index (χ2n) is 5.54. The maximum absolute atomic E-state index is 12.1. The first-order chi connectivity index (χ1) is 10.7. The van der Waals surface area contributed by atoms with Gasteiger partial charge in [-0.15, -0.1) is 0 Å². The van der Waals surface area contributed by atoms with Crippen LogP contribution in [0, 0.1) is 0 Å². The molecule has 0 saturated carbocycles. The number of hydrogen-bond acceptors (Lipinski definition) is 3. The van der Waals surface area contributed by atoms with E-state index in [1.165, 1.54) is 12.0 Å². The predicted molar refractivity (Wildman–Crippen MR) is 87.6 cm³/mol. The highest BCUT2D eigenvalue weighted by atomic mass is 35.5. The van der Waals surface area contributed by atoms with Crippen molar-refractivity contribution in [1.29, 1.82) is 0 Å². The molecule has 1 aromatic carbocycles. The first kappa shape index (κ1) is 15.3. The number of carbonyl (C=O) groups excluding carboxylic acids is 1. The van der Waals surface area contributed by atoms with Crippen molar-refractivity contribution in [2.45, 2.75) is 25.7 Å². The summed E-state index contributed by atoms with van der Waals surface area (Å²) in [5, 5.41) is 4.54. The molecule has 0 bridgehead atoms. The van der Waals surface area contributed by atoms with Gasteiger partial charge in [0.2, 0.25) is 0 Å². The summed E-state index contributed by atoms with van der Waals surface area (Å²) in [5.74, 6) is -0.116. The van der Waals surface area contributed by atoms with Crippen LogP contribution in [0.2, 0.25) is 5.02 Å². The molecule has 0 aliphatic heterocycles. The average molecular weight is 319 g/mol. The van der Waals surface area contributed by atoms with Crippen molar-refractivity contribution in [3.63, 3.8) is 0 Å². The fourth-order valence-electron chi connectivity index (χ4n) is 2.88. The van der Waals surface area contributed by atoms with E-state index in [0.717, 1.165) is 40.9 Å². The molecule has 0 radical (unpaired) electrons. The third-order valence-corrected chi connectivity index (χ3v) is 4.48. The van der Waals surface area contributed by atoms with Crippen LogP contribution < -0.4 is 5.32 Å². The lowest BCUT2D eigenvalue weighted by Crippen LogP contribution is -2.26. The summed E-state index contributed by atoms with van der Waals surface area (Å²) in [4.78, 5) is 16.8. The molecule has 0 saturated heterocycles. The summed E-state index contributed by atoms with van der Waals surface area (Å²) < 4.78 is 4.93.